The van der Waals surface area contributed by atoms with Crippen LogP contribution in [-0.2, 0) is 14.6 Å². The Balaban J connectivity index is 2.54. The largest absolute Gasteiger partial charge is 0.481 e. The highest BCUT2D eigenvalue weighted by Gasteiger charge is 2.26. The Labute approximate surface area is 89.6 Å². The molecular weight excluding hydrogens is 218 g/mol. The van der Waals surface area contributed by atoms with Crippen molar-refractivity contribution in [1.29, 1.82) is 0 Å². The van der Waals surface area contributed by atoms with Crippen LogP contribution in [0.1, 0.15) is 25.7 Å². The summed E-state index contributed by atoms with van der Waals surface area (Å²) >= 11 is 0. The number of nitrogens with two attached hydrogens (primary N) is 1. The topological polar surface area (TPSA) is 97.5 Å². The molecule has 0 aromatic rings. The molecule has 1 aliphatic heterocycles. The summed E-state index contributed by atoms with van der Waals surface area (Å²) in [6.07, 6.45) is 1.49. The Morgan fingerprint density at radius 1 is 1.33 bits per heavy atom. The van der Waals surface area contributed by atoms with Gasteiger partial charge in [-0.25, -0.2) is 8.42 Å². The Bertz CT molecular complexity index is 325. The zero-order valence-electron chi connectivity index (χ0n) is 8.55. The van der Waals surface area contributed by atoms with Gasteiger partial charge in [0, 0.05) is 12.5 Å². The molecule has 0 spiro atoms. The average Bonchev–Trinajstić information content (AvgIpc) is 2.25. The van der Waals surface area contributed by atoms with Gasteiger partial charge in [-0.05, 0) is 25.2 Å². The zero-order chi connectivity index (χ0) is 11.5. The van der Waals surface area contributed by atoms with E-state index in [0.717, 1.165) is 0 Å². The van der Waals surface area contributed by atoms with Crippen LogP contribution in [0.3, 0.4) is 0 Å². The van der Waals surface area contributed by atoms with Gasteiger partial charge in [0.1, 0.15) is 9.84 Å². The second-order valence-electron chi connectivity index (χ2n) is 4.09. The molecule has 1 aliphatic rings. The SMILES string of the molecule is N[C@H]1CCS(=O)(=O)CC[C@@H]1CCC(=O)O. The summed E-state index contributed by atoms with van der Waals surface area (Å²) in [6, 6.07) is -0.179. The van der Waals surface area contributed by atoms with Crippen LogP contribution in [-0.4, -0.2) is 37.0 Å². The maximum Gasteiger partial charge on any atom is 0.303 e. The average molecular weight is 235 g/mol. The third-order valence-electron chi connectivity index (χ3n) is 2.90. The lowest BCUT2D eigenvalue weighted by molar-refractivity contribution is -0.137. The molecule has 0 saturated carbocycles. The van der Waals surface area contributed by atoms with Gasteiger partial charge >= 0.3 is 5.97 Å². The lowest BCUT2D eigenvalue weighted by Crippen LogP contribution is -2.30. The van der Waals surface area contributed by atoms with Crippen molar-refractivity contribution in [2.75, 3.05) is 11.5 Å². The summed E-state index contributed by atoms with van der Waals surface area (Å²) in [7, 11) is -2.95. The highest BCUT2D eigenvalue weighted by molar-refractivity contribution is 7.91. The van der Waals surface area contributed by atoms with Crippen LogP contribution >= 0.6 is 0 Å². The molecule has 0 aromatic carbocycles. The summed E-state index contributed by atoms with van der Waals surface area (Å²) in [5, 5.41) is 8.54. The van der Waals surface area contributed by atoms with Gasteiger partial charge in [-0.3, -0.25) is 4.79 Å². The molecule has 5 nitrogen and oxygen atoms in total. The van der Waals surface area contributed by atoms with Gasteiger partial charge in [-0.2, -0.15) is 0 Å². The summed E-state index contributed by atoms with van der Waals surface area (Å²) in [5.41, 5.74) is 5.83. The van der Waals surface area contributed by atoms with E-state index in [0.29, 0.717) is 19.3 Å². The van der Waals surface area contributed by atoms with Gasteiger partial charge < -0.3 is 10.8 Å². The molecule has 0 amide bonds. The lowest BCUT2D eigenvalue weighted by atomic mass is 9.91. The van der Waals surface area contributed by atoms with Gasteiger partial charge in [0.05, 0.1) is 11.5 Å². The van der Waals surface area contributed by atoms with Gasteiger partial charge in [-0.1, -0.05) is 0 Å². The molecule has 0 aliphatic carbocycles. The number of carboxylic acid groups (broad SMARTS) is 1. The van der Waals surface area contributed by atoms with E-state index in [4.69, 9.17) is 10.8 Å². The molecule has 2 atom stereocenters. The Kier molecular flexibility index (Phi) is 4.10. The predicted octanol–water partition coefficient (Wildman–Crippen LogP) is 0.00330. The van der Waals surface area contributed by atoms with E-state index < -0.39 is 15.8 Å². The summed E-state index contributed by atoms with van der Waals surface area (Å²) < 4.78 is 22.7. The van der Waals surface area contributed by atoms with Crippen molar-refractivity contribution in [2.24, 2.45) is 11.7 Å². The first kappa shape index (κ1) is 12.4. The minimum atomic E-state index is -2.95. The van der Waals surface area contributed by atoms with Crippen molar-refractivity contribution in [3.05, 3.63) is 0 Å². The van der Waals surface area contributed by atoms with Crippen LogP contribution < -0.4 is 5.73 Å². The molecule has 0 unspecified atom stereocenters. The first-order valence-electron chi connectivity index (χ1n) is 5.08. The van der Waals surface area contributed by atoms with Crippen molar-refractivity contribution in [1.82, 2.24) is 0 Å². The molecule has 1 fully saturated rings. The number of hydrogen-bond donors (Lipinski definition) is 2. The second kappa shape index (κ2) is 4.94. The normalized spacial score (nSPS) is 30.7. The molecule has 15 heavy (non-hydrogen) atoms. The molecule has 88 valence electrons. The van der Waals surface area contributed by atoms with Crippen LogP contribution in [0.2, 0.25) is 0 Å². The maximum absolute atomic E-state index is 11.3. The number of aliphatic carboxylic acids is 1. The van der Waals surface area contributed by atoms with Crippen LogP contribution in [0.25, 0.3) is 0 Å². The quantitative estimate of drug-likeness (QED) is 0.717. The fourth-order valence-corrected chi connectivity index (χ4v) is 3.36. The molecule has 1 rings (SSSR count). The third-order valence-corrected chi connectivity index (χ3v) is 4.61. The monoisotopic (exact) mass is 235 g/mol. The Hall–Kier alpha value is -0.620. The first-order chi connectivity index (χ1) is 6.91. The van der Waals surface area contributed by atoms with E-state index in [1.807, 2.05) is 0 Å². The predicted molar refractivity (Wildman–Crippen MR) is 56.2 cm³/mol. The summed E-state index contributed by atoms with van der Waals surface area (Å²) in [6.45, 7) is 0. The second-order valence-corrected chi connectivity index (χ2v) is 6.39. The first-order valence-corrected chi connectivity index (χ1v) is 6.90. The van der Waals surface area contributed by atoms with E-state index in [1.165, 1.54) is 0 Å². The van der Waals surface area contributed by atoms with E-state index >= 15 is 0 Å². The Morgan fingerprint density at radius 2 is 1.93 bits per heavy atom. The van der Waals surface area contributed by atoms with Gasteiger partial charge in [0.15, 0.2) is 0 Å². The number of hydrogen-bond acceptors (Lipinski definition) is 4. The minimum absolute atomic E-state index is 0.0263. The van der Waals surface area contributed by atoms with Crippen molar-refractivity contribution < 1.29 is 18.3 Å². The molecule has 0 bridgehead atoms. The number of carboxylic acids is 1. The standard InChI is InChI=1S/C9H17NO4S/c10-8-4-6-15(13,14)5-3-7(8)1-2-9(11)12/h7-8H,1-6,10H2,(H,11,12)/t7-,8-/m0/s1. The van der Waals surface area contributed by atoms with Crippen LogP contribution in [0.5, 0.6) is 0 Å². The van der Waals surface area contributed by atoms with Crippen molar-refractivity contribution in [3.63, 3.8) is 0 Å². The van der Waals surface area contributed by atoms with Crippen molar-refractivity contribution in [3.8, 4) is 0 Å². The molecule has 1 heterocycles. The molecule has 1 saturated heterocycles. The number of sulfone groups is 1. The van der Waals surface area contributed by atoms with Gasteiger partial charge in [-0.15, -0.1) is 0 Å². The molecule has 0 aromatic heterocycles. The Morgan fingerprint density at radius 3 is 2.53 bits per heavy atom. The summed E-state index contributed by atoms with van der Waals surface area (Å²) in [4.78, 5) is 10.4. The minimum Gasteiger partial charge on any atom is -0.481 e. The third kappa shape index (κ3) is 4.17. The highest BCUT2D eigenvalue weighted by Crippen LogP contribution is 2.22. The van der Waals surface area contributed by atoms with Crippen LogP contribution in [0.4, 0.5) is 0 Å². The van der Waals surface area contributed by atoms with E-state index in [1.54, 1.807) is 0 Å². The van der Waals surface area contributed by atoms with Crippen molar-refractivity contribution >= 4 is 15.8 Å². The summed E-state index contributed by atoms with van der Waals surface area (Å²) in [5.74, 6) is -0.546. The van der Waals surface area contributed by atoms with Crippen molar-refractivity contribution in [2.45, 2.75) is 31.7 Å². The molecular formula is C9H17NO4S. The molecule has 6 heteroatoms. The molecule has 0 radical (unpaired) electrons. The maximum atomic E-state index is 11.3. The molecule has 3 N–H and O–H groups in total. The van der Waals surface area contributed by atoms with E-state index in [9.17, 15) is 13.2 Å². The number of rotatable bonds is 3. The number of carbonyl (C=O) groups is 1. The van der Waals surface area contributed by atoms with E-state index in [-0.39, 0.29) is 29.9 Å². The van der Waals surface area contributed by atoms with Gasteiger partial charge in [0.2, 0.25) is 0 Å². The fourth-order valence-electron chi connectivity index (χ4n) is 1.87. The van der Waals surface area contributed by atoms with Gasteiger partial charge in [0.25, 0.3) is 0 Å². The highest BCUT2D eigenvalue weighted by atomic mass is 32.2. The van der Waals surface area contributed by atoms with Crippen LogP contribution in [0.15, 0.2) is 0 Å². The zero-order valence-corrected chi connectivity index (χ0v) is 9.37. The smallest absolute Gasteiger partial charge is 0.303 e. The lowest BCUT2D eigenvalue weighted by Gasteiger charge is -2.19. The van der Waals surface area contributed by atoms with Crippen LogP contribution in [0, 0.1) is 5.92 Å². The fraction of sp³-hybridized carbons (Fsp3) is 0.889. The van der Waals surface area contributed by atoms with E-state index in [2.05, 4.69) is 0 Å².